The zero-order valence-corrected chi connectivity index (χ0v) is 14.3. The monoisotopic (exact) mass is 344 g/mol. The minimum atomic E-state index is -0.276. The molecular weight excluding hydrogens is 324 g/mol. The van der Waals surface area contributed by atoms with Crippen molar-refractivity contribution in [3.8, 4) is 0 Å². The fourth-order valence-electron chi connectivity index (χ4n) is 3.08. The van der Waals surface area contributed by atoms with Crippen molar-refractivity contribution in [3.05, 3.63) is 59.2 Å². The van der Waals surface area contributed by atoms with Crippen LogP contribution < -0.4 is 11.1 Å². The number of aromatic nitrogens is 1. The van der Waals surface area contributed by atoms with Gasteiger partial charge < -0.3 is 11.1 Å². The van der Waals surface area contributed by atoms with Crippen LogP contribution in [0.4, 0.5) is 5.82 Å². The van der Waals surface area contributed by atoms with Crippen LogP contribution in [0.2, 0.25) is 5.02 Å². The molecule has 126 valence electrons. The van der Waals surface area contributed by atoms with Crippen LogP contribution in [0, 0.1) is 0 Å². The number of pyridine rings is 1. The maximum absolute atomic E-state index is 12.5. The largest absolute Gasteiger partial charge is 0.326 e. The maximum atomic E-state index is 12.5. The van der Waals surface area contributed by atoms with Crippen molar-refractivity contribution in [2.45, 2.75) is 24.9 Å². The Morgan fingerprint density at radius 1 is 1.29 bits per heavy atom. The third kappa shape index (κ3) is 3.75. The minimum Gasteiger partial charge on any atom is -0.326 e. The van der Waals surface area contributed by atoms with Crippen molar-refractivity contribution in [3.63, 3.8) is 0 Å². The third-order valence-electron chi connectivity index (χ3n) is 4.53. The number of nitrogens with two attached hydrogens (primary N) is 1. The number of nitrogens with zero attached hydrogens (tertiary/aromatic N) is 2. The Bertz CT molecular complexity index is 692. The Hall–Kier alpha value is -1.95. The molecule has 1 amide bonds. The second kappa shape index (κ2) is 7.30. The van der Waals surface area contributed by atoms with Crippen molar-refractivity contribution >= 4 is 23.3 Å². The molecule has 1 unspecified atom stereocenters. The van der Waals surface area contributed by atoms with Gasteiger partial charge in [-0.3, -0.25) is 9.69 Å². The van der Waals surface area contributed by atoms with E-state index in [1.807, 2.05) is 25.1 Å². The lowest BCUT2D eigenvalue weighted by atomic mass is 9.95. The minimum absolute atomic E-state index is 0.0244. The number of carbonyl (C=O) groups is 1. The molecule has 0 spiro atoms. The van der Waals surface area contributed by atoms with E-state index in [9.17, 15) is 4.79 Å². The first kappa shape index (κ1) is 16.9. The van der Waals surface area contributed by atoms with Gasteiger partial charge in [-0.15, -0.1) is 0 Å². The maximum Gasteiger partial charge on any atom is 0.242 e. The zero-order valence-electron chi connectivity index (χ0n) is 13.5. The predicted octanol–water partition coefficient (Wildman–Crippen LogP) is 2.49. The molecule has 2 heterocycles. The topological polar surface area (TPSA) is 71.2 Å². The first-order valence-corrected chi connectivity index (χ1v) is 8.39. The van der Waals surface area contributed by atoms with Gasteiger partial charge in [0.05, 0.1) is 11.1 Å². The average Bonchev–Trinajstić information content (AvgIpc) is 2.99. The van der Waals surface area contributed by atoms with Crippen molar-refractivity contribution in [2.24, 2.45) is 5.73 Å². The molecule has 24 heavy (non-hydrogen) atoms. The Kier molecular flexibility index (Phi) is 5.14. The number of halogens is 1. The van der Waals surface area contributed by atoms with Crippen molar-refractivity contribution in [2.75, 3.05) is 18.4 Å². The second-order valence-electron chi connectivity index (χ2n) is 6.16. The van der Waals surface area contributed by atoms with Gasteiger partial charge in [-0.2, -0.15) is 0 Å². The molecule has 5 nitrogen and oxygen atoms in total. The Balaban J connectivity index is 1.64. The molecule has 6 heteroatoms. The standard InChI is InChI=1S/C18H21ClN4O/c1-12(18(24)22-17-8-7-14(19)9-21-17)23-10-15(16(20)11-23)13-5-3-2-4-6-13/h2-9,12,15-16H,10-11,20H2,1H3,(H,21,22,24)/t12?,15-,16+/m0/s1. The van der Waals surface area contributed by atoms with E-state index in [1.165, 1.54) is 11.8 Å². The third-order valence-corrected chi connectivity index (χ3v) is 4.75. The van der Waals surface area contributed by atoms with E-state index in [0.29, 0.717) is 17.4 Å². The number of anilines is 1. The van der Waals surface area contributed by atoms with E-state index < -0.39 is 0 Å². The van der Waals surface area contributed by atoms with Gasteiger partial charge in [0.1, 0.15) is 5.82 Å². The molecule has 1 saturated heterocycles. The normalized spacial score (nSPS) is 22.3. The molecule has 3 atom stereocenters. The number of likely N-dealkylation sites (tertiary alicyclic amines) is 1. The van der Waals surface area contributed by atoms with Crippen LogP contribution >= 0.6 is 11.6 Å². The van der Waals surface area contributed by atoms with Gasteiger partial charge in [-0.05, 0) is 24.6 Å². The van der Waals surface area contributed by atoms with Gasteiger partial charge in [0.15, 0.2) is 0 Å². The van der Waals surface area contributed by atoms with Crippen molar-refractivity contribution in [1.82, 2.24) is 9.88 Å². The number of carbonyl (C=O) groups excluding carboxylic acids is 1. The lowest BCUT2D eigenvalue weighted by Gasteiger charge is -2.23. The summed E-state index contributed by atoms with van der Waals surface area (Å²) in [6, 6.07) is 13.4. The summed E-state index contributed by atoms with van der Waals surface area (Å²) in [5.41, 5.74) is 7.53. The SMILES string of the molecule is CC(C(=O)Nc1ccc(Cl)cn1)N1C[C@@H](N)[C@H](c2ccccc2)C1. The van der Waals surface area contributed by atoms with E-state index in [4.69, 9.17) is 17.3 Å². The van der Waals surface area contributed by atoms with Gasteiger partial charge in [-0.1, -0.05) is 41.9 Å². The fourth-order valence-corrected chi connectivity index (χ4v) is 3.19. The van der Waals surface area contributed by atoms with Gasteiger partial charge in [0.25, 0.3) is 0 Å². The molecule has 2 aromatic rings. The smallest absolute Gasteiger partial charge is 0.242 e. The first-order valence-electron chi connectivity index (χ1n) is 8.01. The van der Waals surface area contributed by atoms with Crippen LogP contribution in [0.3, 0.4) is 0 Å². The van der Waals surface area contributed by atoms with Gasteiger partial charge in [0, 0.05) is 31.2 Å². The van der Waals surface area contributed by atoms with Crippen molar-refractivity contribution < 1.29 is 4.79 Å². The van der Waals surface area contributed by atoms with Crippen molar-refractivity contribution in [1.29, 1.82) is 0 Å². The highest BCUT2D eigenvalue weighted by molar-refractivity contribution is 6.30. The van der Waals surface area contributed by atoms with Gasteiger partial charge in [0.2, 0.25) is 5.91 Å². The summed E-state index contributed by atoms with van der Waals surface area (Å²) in [4.78, 5) is 18.7. The molecular formula is C18H21ClN4O. The Morgan fingerprint density at radius 2 is 2.04 bits per heavy atom. The van der Waals surface area contributed by atoms with E-state index in [1.54, 1.807) is 12.1 Å². The molecule has 1 aromatic carbocycles. The molecule has 0 bridgehead atoms. The summed E-state index contributed by atoms with van der Waals surface area (Å²) in [5.74, 6) is 0.653. The molecule has 0 saturated carbocycles. The Labute approximate surface area is 146 Å². The first-order chi connectivity index (χ1) is 11.5. The molecule has 1 aliphatic rings. The lowest BCUT2D eigenvalue weighted by molar-refractivity contribution is -0.120. The summed E-state index contributed by atoms with van der Waals surface area (Å²) in [5, 5.41) is 3.36. The number of hydrogen-bond acceptors (Lipinski definition) is 4. The number of hydrogen-bond donors (Lipinski definition) is 2. The van der Waals surface area contributed by atoms with Gasteiger partial charge in [-0.25, -0.2) is 4.98 Å². The zero-order chi connectivity index (χ0) is 17.1. The number of nitrogens with one attached hydrogen (secondary N) is 1. The van der Waals surface area contributed by atoms with Crippen LogP contribution in [-0.2, 0) is 4.79 Å². The van der Waals surface area contributed by atoms with Crippen LogP contribution in [0.25, 0.3) is 0 Å². The van der Waals surface area contributed by atoms with E-state index in [2.05, 4.69) is 27.3 Å². The van der Waals surface area contributed by atoms with Crippen LogP contribution in [0.1, 0.15) is 18.4 Å². The quantitative estimate of drug-likeness (QED) is 0.894. The summed E-state index contributed by atoms with van der Waals surface area (Å²) >= 11 is 5.81. The number of amides is 1. The van der Waals surface area contributed by atoms with Crippen LogP contribution in [0.5, 0.6) is 0 Å². The summed E-state index contributed by atoms with van der Waals surface area (Å²) in [6.45, 7) is 3.36. The highest BCUT2D eigenvalue weighted by Crippen LogP contribution is 2.27. The molecule has 3 N–H and O–H groups in total. The molecule has 1 aliphatic heterocycles. The molecule has 3 rings (SSSR count). The van der Waals surface area contributed by atoms with E-state index in [-0.39, 0.29) is 23.9 Å². The average molecular weight is 345 g/mol. The predicted molar refractivity (Wildman–Crippen MR) is 96.1 cm³/mol. The number of rotatable bonds is 4. The molecule has 0 radical (unpaired) electrons. The van der Waals surface area contributed by atoms with Crippen LogP contribution in [0.15, 0.2) is 48.7 Å². The molecule has 1 fully saturated rings. The van der Waals surface area contributed by atoms with E-state index >= 15 is 0 Å². The highest BCUT2D eigenvalue weighted by atomic mass is 35.5. The van der Waals surface area contributed by atoms with E-state index in [0.717, 1.165) is 6.54 Å². The van der Waals surface area contributed by atoms with Crippen LogP contribution in [-0.4, -0.2) is 41.0 Å². The highest BCUT2D eigenvalue weighted by Gasteiger charge is 2.35. The second-order valence-corrected chi connectivity index (χ2v) is 6.60. The summed E-state index contributed by atoms with van der Waals surface area (Å²) < 4.78 is 0. The Morgan fingerprint density at radius 3 is 2.71 bits per heavy atom. The summed E-state index contributed by atoms with van der Waals surface area (Å²) in [6.07, 6.45) is 1.51. The lowest BCUT2D eigenvalue weighted by Crippen LogP contribution is -2.41. The number of benzene rings is 1. The fraction of sp³-hybridized carbons (Fsp3) is 0.333. The molecule has 0 aliphatic carbocycles. The molecule has 1 aromatic heterocycles. The van der Waals surface area contributed by atoms with Gasteiger partial charge >= 0.3 is 0 Å². The summed E-state index contributed by atoms with van der Waals surface area (Å²) in [7, 11) is 0.